The molecule has 0 spiro atoms. The molecule has 1 aromatic carbocycles. The van der Waals surface area contributed by atoms with E-state index in [2.05, 4.69) is 5.32 Å². The van der Waals surface area contributed by atoms with Gasteiger partial charge in [-0.25, -0.2) is 0 Å². The molecule has 0 radical (unpaired) electrons. The average Bonchev–Trinajstić information content (AvgIpc) is 3.18. The molecular weight excluding hydrogens is 368 g/mol. The minimum absolute atomic E-state index is 0.179. The van der Waals surface area contributed by atoms with Crippen molar-refractivity contribution in [3.8, 4) is 17.2 Å². The monoisotopic (exact) mass is 392 g/mol. The highest BCUT2D eigenvalue weighted by Crippen LogP contribution is 2.38. The van der Waals surface area contributed by atoms with Crippen LogP contribution in [0.1, 0.15) is 22.8 Å². The molecule has 2 amide bonds. The Morgan fingerprint density at radius 1 is 1.15 bits per heavy atom. The van der Waals surface area contributed by atoms with Crippen molar-refractivity contribution in [1.82, 2.24) is 10.2 Å². The number of amides is 2. The number of carbonyl (C=O) groups is 2. The van der Waals surface area contributed by atoms with Gasteiger partial charge in [0.1, 0.15) is 6.04 Å². The van der Waals surface area contributed by atoms with Crippen LogP contribution in [0.25, 0.3) is 0 Å². The highest BCUT2D eigenvalue weighted by molar-refractivity contribution is 7.07. The number of hydrogen-bond donors (Lipinski definition) is 1. The van der Waals surface area contributed by atoms with Crippen LogP contribution < -0.4 is 19.5 Å². The molecule has 1 N–H and O–H groups in total. The Kier molecular flexibility index (Phi) is 7.06. The van der Waals surface area contributed by atoms with Gasteiger partial charge in [-0.2, -0.15) is 11.3 Å². The van der Waals surface area contributed by atoms with E-state index in [9.17, 15) is 9.59 Å². The first-order valence-electron chi connectivity index (χ1n) is 8.28. The van der Waals surface area contributed by atoms with Crippen LogP contribution in [0.2, 0.25) is 0 Å². The van der Waals surface area contributed by atoms with Gasteiger partial charge in [-0.05, 0) is 41.4 Å². The van der Waals surface area contributed by atoms with Crippen molar-refractivity contribution in [2.24, 2.45) is 0 Å². The van der Waals surface area contributed by atoms with Gasteiger partial charge in [0.2, 0.25) is 11.7 Å². The second-order valence-electron chi connectivity index (χ2n) is 5.94. The van der Waals surface area contributed by atoms with Crippen molar-refractivity contribution >= 4 is 23.2 Å². The maximum atomic E-state index is 12.6. The molecule has 0 aliphatic carbocycles. The highest BCUT2D eigenvalue weighted by Gasteiger charge is 2.22. The number of hydrogen-bond acceptors (Lipinski definition) is 6. The van der Waals surface area contributed by atoms with E-state index in [0.717, 1.165) is 5.56 Å². The molecule has 2 rings (SSSR count). The van der Waals surface area contributed by atoms with Crippen molar-refractivity contribution in [3.63, 3.8) is 0 Å². The van der Waals surface area contributed by atoms with Gasteiger partial charge in [-0.1, -0.05) is 0 Å². The zero-order valence-electron chi connectivity index (χ0n) is 16.1. The Hall–Kier alpha value is -2.74. The van der Waals surface area contributed by atoms with E-state index >= 15 is 0 Å². The maximum Gasteiger partial charge on any atom is 0.252 e. The van der Waals surface area contributed by atoms with Crippen LogP contribution in [-0.4, -0.2) is 51.1 Å². The summed E-state index contributed by atoms with van der Waals surface area (Å²) in [5.41, 5.74) is 1.36. The van der Waals surface area contributed by atoms with E-state index < -0.39 is 11.9 Å². The highest BCUT2D eigenvalue weighted by atomic mass is 32.1. The van der Waals surface area contributed by atoms with Crippen molar-refractivity contribution in [3.05, 3.63) is 40.1 Å². The molecule has 7 nitrogen and oxygen atoms in total. The lowest BCUT2D eigenvalue weighted by Gasteiger charge is -2.22. The summed E-state index contributed by atoms with van der Waals surface area (Å²) in [4.78, 5) is 26.7. The summed E-state index contributed by atoms with van der Waals surface area (Å²) in [7, 11) is 6.15. The fraction of sp³-hybridized carbons (Fsp3) is 0.368. The van der Waals surface area contributed by atoms with E-state index in [1.54, 1.807) is 42.3 Å². The SMILES string of the molecule is COc1cc(C(=O)N[C@H](C)C(=O)N(C)Cc2ccsc2)cc(OC)c1OC. The van der Waals surface area contributed by atoms with E-state index in [1.165, 1.54) is 21.3 Å². The molecule has 0 saturated carbocycles. The Morgan fingerprint density at radius 2 is 1.78 bits per heavy atom. The van der Waals surface area contributed by atoms with Crippen LogP contribution in [0.5, 0.6) is 17.2 Å². The van der Waals surface area contributed by atoms with Gasteiger partial charge < -0.3 is 24.4 Å². The Morgan fingerprint density at radius 3 is 2.26 bits per heavy atom. The van der Waals surface area contributed by atoms with Crippen LogP contribution >= 0.6 is 11.3 Å². The number of thiophene rings is 1. The van der Waals surface area contributed by atoms with Gasteiger partial charge in [0, 0.05) is 19.2 Å². The smallest absolute Gasteiger partial charge is 0.252 e. The lowest BCUT2D eigenvalue weighted by atomic mass is 10.1. The van der Waals surface area contributed by atoms with Gasteiger partial charge in [-0.3, -0.25) is 9.59 Å². The largest absolute Gasteiger partial charge is 0.493 e. The fourth-order valence-electron chi connectivity index (χ4n) is 2.62. The number of likely N-dealkylation sites (N-methyl/N-ethyl adjacent to an activating group) is 1. The molecule has 2 aromatic rings. The van der Waals surface area contributed by atoms with Crippen LogP contribution in [0.15, 0.2) is 29.0 Å². The van der Waals surface area contributed by atoms with Crippen LogP contribution in [-0.2, 0) is 11.3 Å². The number of ether oxygens (including phenoxy) is 3. The van der Waals surface area contributed by atoms with E-state index in [-0.39, 0.29) is 5.91 Å². The quantitative estimate of drug-likeness (QED) is 0.747. The summed E-state index contributed by atoms with van der Waals surface area (Å²) in [6.45, 7) is 2.15. The van der Waals surface area contributed by atoms with Gasteiger partial charge in [0.15, 0.2) is 11.5 Å². The molecule has 1 aromatic heterocycles. The summed E-state index contributed by atoms with van der Waals surface area (Å²) in [6.07, 6.45) is 0. The molecule has 0 saturated heterocycles. The van der Waals surface area contributed by atoms with Gasteiger partial charge >= 0.3 is 0 Å². The summed E-state index contributed by atoms with van der Waals surface area (Å²) in [5, 5.41) is 6.67. The van der Waals surface area contributed by atoms with Crippen LogP contribution in [0.4, 0.5) is 0 Å². The topological polar surface area (TPSA) is 77.1 Å². The molecule has 0 fully saturated rings. The molecule has 0 aliphatic rings. The average molecular weight is 392 g/mol. The molecule has 0 aliphatic heterocycles. The predicted molar refractivity (Wildman–Crippen MR) is 104 cm³/mol. The van der Waals surface area contributed by atoms with Crippen LogP contribution in [0, 0.1) is 0 Å². The van der Waals surface area contributed by atoms with Crippen molar-refractivity contribution in [2.75, 3.05) is 28.4 Å². The lowest BCUT2D eigenvalue weighted by Crippen LogP contribution is -2.45. The molecule has 0 unspecified atom stereocenters. The number of rotatable bonds is 8. The number of nitrogens with one attached hydrogen (secondary N) is 1. The summed E-state index contributed by atoms with van der Waals surface area (Å²) < 4.78 is 15.8. The third kappa shape index (κ3) is 4.91. The first-order chi connectivity index (χ1) is 12.9. The summed E-state index contributed by atoms with van der Waals surface area (Å²) >= 11 is 1.58. The summed E-state index contributed by atoms with van der Waals surface area (Å²) in [6, 6.07) is 4.37. The molecule has 27 heavy (non-hydrogen) atoms. The first-order valence-corrected chi connectivity index (χ1v) is 9.22. The molecule has 0 bridgehead atoms. The summed E-state index contributed by atoms with van der Waals surface area (Å²) in [5.74, 6) is 0.559. The van der Waals surface area contributed by atoms with E-state index in [4.69, 9.17) is 14.2 Å². The van der Waals surface area contributed by atoms with E-state index in [1.807, 2.05) is 16.8 Å². The number of benzene rings is 1. The zero-order chi connectivity index (χ0) is 20.0. The lowest BCUT2D eigenvalue weighted by molar-refractivity contribution is -0.132. The Balaban J connectivity index is 2.10. The Labute approximate surface area is 162 Å². The van der Waals surface area contributed by atoms with Crippen molar-refractivity contribution < 1.29 is 23.8 Å². The van der Waals surface area contributed by atoms with Crippen LogP contribution in [0.3, 0.4) is 0 Å². The third-order valence-electron chi connectivity index (χ3n) is 4.02. The molecular formula is C19H24N2O5S. The van der Waals surface area contributed by atoms with Crippen molar-refractivity contribution in [1.29, 1.82) is 0 Å². The van der Waals surface area contributed by atoms with Gasteiger partial charge in [-0.15, -0.1) is 0 Å². The maximum absolute atomic E-state index is 12.6. The van der Waals surface area contributed by atoms with E-state index in [0.29, 0.717) is 29.4 Å². The predicted octanol–water partition coefficient (Wildman–Crippen LogP) is 2.55. The normalized spacial score (nSPS) is 11.4. The molecule has 1 heterocycles. The standard InChI is InChI=1S/C19H24N2O5S/c1-12(19(23)21(2)10-13-6-7-27-11-13)20-18(22)14-8-15(24-3)17(26-5)16(9-14)25-4/h6-9,11-12H,10H2,1-5H3,(H,20,22)/t12-/m1/s1. The molecule has 146 valence electrons. The van der Waals surface area contributed by atoms with Gasteiger partial charge in [0.25, 0.3) is 5.91 Å². The number of carbonyl (C=O) groups excluding carboxylic acids is 2. The fourth-order valence-corrected chi connectivity index (χ4v) is 3.28. The Bertz CT molecular complexity index is 766. The molecule has 8 heteroatoms. The zero-order valence-corrected chi connectivity index (χ0v) is 16.9. The second kappa shape index (κ2) is 9.27. The second-order valence-corrected chi connectivity index (χ2v) is 6.72. The minimum Gasteiger partial charge on any atom is -0.493 e. The number of methoxy groups -OCH3 is 3. The number of nitrogens with zero attached hydrogens (tertiary/aromatic N) is 1. The third-order valence-corrected chi connectivity index (χ3v) is 4.75. The minimum atomic E-state index is -0.680. The van der Waals surface area contributed by atoms with Gasteiger partial charge in [0.05, 0.1) is 21.3 Å². The molecule has 1 atom stereocenters. The first kappa shape index (κ1) is 20.6. The van der Waals surface area contributed by atoms with Crippen molar-refractivity contribution in [2.45, 2.75) is 19.5 Å².